The summed E-state index contributed by atoms with van der Waals surface area (Å²) in [7, 11) is 1.38. The van der Waals surface area contributed by atoms with E-state index in [0.29, 0.717) is 16.3 Å². The molecule has 0 amide bonds. The summed E-state index contributed by atoms with van der Waals surface area (Å²) in [6.45, 7) is 1.80. The first-order valence-corrected chi connectivity index (χ1v) is 8.70. The van der Waals surface area contributed by atoms with Crippen LogP contribution >= 0.6 is 27.5 Å². The fraction of sp³-hybridized carbons (Fsp3) is 0.158. The van der Waals surface area contributed by atoms with Crippen LogP contribution in [0, 0.1) is 6.92 Å². The number of methoxy groups -OCH3 is 1. The number of fused-ring (bicyclic) bond motifs is 1. The van der Waals surface area contributed by atoms with Crippen LogP contribution in [0.1, 0.15) is 17.4 Å². The fourth-order valence-electron chi connectivity index (χ4n) is 2.96. The number of rotatable bonds is 4. The summed E-state index contributed by atoms with van der Waals surface area (Å²) in [5, 5.41) is 11.1. The third-order valence-electron chi connectivity index (χ3n) is 4.03. The predicted molar refractivity (Wildman–Crippen MR) is 102 cm³/mol. The Morgan fingerprint density at radius 3 is 2.52 bits per heavy atom. The highest BCUT2D eigenvalue weighted by Gasteiger charge is 2.27. The minimum atomic E-state index is -1.11. The number of aryl methyl sites for hydroxylation is 1. The Kier molecular flexibility index (Phi) is 5.08. The number of pyridine rings is 1. The van der Waals surface area contributed by atoms with Gasteiger partial charge in [-0.1, -0.05) is 39.7 Å². The number of carboxylic acid groups (broad SMARTS) is 1. The van der Waals surface area contributed by atoms with Crippen molar-refractivity contribution in [3.8, 4) is 11.1 Å². The summed E-state index contributed by atoms with van der Waals surface area (Å²) in [4.78, 5) is 16.3. The normalized spacial score (nSPS) is 12.3. The van der Waals surface area contributed by atoms with Gasteiger partial charge >= 0.3 is 5.97 Å². The van der Waals surface area contributed by atoms with Gasteiger partial charge in [0.15, 0.2) is 6.10 Å². The second-order valence-electron chi connectivity index (χ2n) is 5.61. The van der Waals surface area contributed by atoms with Crippen LogP contribution < -0.4 is 0 Å². The number of aromatic nitrogens is 1. The Hall–Kier alpha value is -1.95. The van der Waals surface area contributed by atoms with Crippen LogP contribution in [0.2, 0.25) is 5.02 Å². The number of carboxylic acids is 1. The van der Waals surface area contributed by atoms with Crippen molar-refractivity contribution in [2.45, 2.75) is 13.0 Å². The van der Waals surface area contributed by atoms with E-state index >= 15 is 0 Å². The zero-order valence-electron chi connectivity index (χ0n) is 13.6. The van der Waals surface area contributed by atoms with Crippen LogP contribution in [-0.4, -0.2) is 23.2 Å². The lowest BCUT2D eigenvalue weighted by Gasteiger charge is -2.20. The van der Waals surface area contributed by atoms with Gasteiger partial charge in [0.2, 0.25) is 0 Å². The van der Waals surface area contributed by atoms with Crippen molar-refractivity contribution < 1.29 is 14.6 Å². The number of nitrogens with zero attached hydrogens (tertiary/aromatic N) is 1. The molecule has 4 nitrogen and oxygen atoms in total. The van der Waals surface area contributed by atoms with Gasteiger partial charge in [0, 0.05) is 33.2 Å². The lowest BCUT2D eigenvalue weighted by Crippen LogP contribution is -2.17. The number of hydrogen-bond donors (Lipinski definition) is 1. The Labute approximate surface area is 158 Å². The molecule has 0 spiro atoms. The van der Waals surface area contributed by atoms with Gasteiger partial charge in [-0.2, -0.15) is 0 Å². The lowest BCUT2D eigenvalue weighted by atomic mass is 9.91. The topological polar surface area (TPSA) is 59.4 Å². The molecular weight excluding hydrogens is 406 g/mol. The second-order valence-corrected chi connectivity index (χ2v) is 6.96. The van der Waals surface area contributed by atoms with Crippen molar-refractivity contribution in [1.82, 2.24) is 4.98 Å². The first kappa shape index (κ1) is 17.9. The van der Waals surface area contributed by atoms with Gasteiger partial charge in [0.1, 0.15) is 0 Å². The Morgan fingerprint density at radius 2 is 1.92 bits per heavy atom. The van der Waals surface area contributed by atoms with Gasteiger partial charge in [-0.3, -0.25) is 4.98 Å². The number of halogens is 2. The van der Waals surface area contributed by atoms with Crippen molar-refractivity contribution in [2.24, 2.45) is 0 Å². The third kappa shape index (κ3) is 3.40. The summed E-state index contributed by atoms with van der Waals surface area (Å²) in [6.07, 6.45) is -1.11. The summed E-state index contributed by atoms with van der Waals surface area (Å²) < 4.78 is 6.15. The van der Waals surface area contributed by atoms with E-state index < -0.39 is 12.1 Å². The van der Waals surface area contributed by atoms with Crippen LogP contribution in [-0.2, 0) is 9.53 Å². The Morgan fingerprint density at radius 1 is 1.24 bits per heavy atom. The molecule has 0 radical (unpaired) electrons. The lowest BCUT2D eigenvalue weighted by molar-refractivity contribution is -0.148. The van der Waals surface area contributed by atoms with Gasteiger partial charge in [-0.25, -0.2) is 4.79 Å². The summed E-state index contributed by atoms with van der Waals surface area (Å²) in [6, 6.07) is 13.0. The molecule has 1 N–H and O–H groups in total. The van der Waals surface area contributed by atoms with Crippen LogP contribution in [0.3, 0.4) is 0 Å². The van der Waals surface area contributed by atoms with Gasteiger partial charge in [-0.15, -0.1) is 0 Å². The smallest absolute Gasteiger partial charge is 0.337 e. The van der Waals surface area contributed by atoms with Crippen molar-refractivity contribution >= 4 is 44.4 Å². The molecule has 0 aliphatic carbocycles. The van der Waals surface area contributed by atoms with E-state index in [4.69, 9.17) is 16.3 Å². The molecule has 0 aliphatic rings. The highest BCUT2D eigenvalue weighted by atomic mass is 79.9. The SMILES string of the molecule is COC(C(=O)O)c1c(C)nc2ccc(Br)cc2c1-c1ccc(Cl)cc1. The van der Waals surface area contributed by atoms with Gasteiger partial charge in [0.05, 0.1) is 5.52 Å². The molecule has 0 aliphatic heterocycles. The van der Waals surface area contributed by atoms with Crippen LogP contribution in [0.15, 0.2) is 46.9 Å². The number of ether oxygens (including phenoxy) is 1. The molecule has 2 aromatic carbocycles. The number of aliphatic carboxylic acids is 1. The summed E-state index contributed by atoms with van der Waals surface area (Å²) in [5.41, 5.74) is 3.60. The summed E-state index contributed by atoms with van der Waals surface area (Å²) >= 11 is 9.50. The van der Waals surface area contributed by atoms with E-state index in [1.54, 1.807) is 19.1 Å². The fourth-order valence-corrected chi connectivity index (χ4v) is 3.45. The maximum atomic E-state index is 11.7. The monoisotopic (exact) mass is 419 g/mol. The molecule has 1 aromatic heterocycles. The largest absolute Gasteiger partial charge is 0.479 e. The average Bonchev–Trinajstić information content (AvgIpc) is 2.57. The predicted octanol–water partition coefficient (Wildman–Crippen LogP) is 5.40. The zero-order valence-corrected chi connectivity index (χ0v) is 15.9. The molecular formula is C19H15BrClNO3. The maximum Gasteiger partial charge on any atom is 0.337 e. The quantitative estimate of drug-likeness (QED) is 0.614. The molecule has 1 atom stereocenters. The van der Waals surface area contributed by atoms with Crippen molar-refractivity contribution in [1.29, 1.82) is 0 Å². The van der Waals surface area contributed by atoms with E-state index in [0.717, 1.165) is 26.5 Å². The molecule has 0 saturated carbocycles. The minimum absolute atomic E-state index is 0.544. The minimum Gasteiger partial charge on any atom is -0.479 e. The van der Waals surface area contributed by atoms with Crippen molar-refractivity contribution in [3.05, 3.63) is 63.2 Å². The van der Waals surface area contributed by atoms with E-state index in [9.17, 15) is 9.90 Å². The van der Waals surface area contributed by atoms with Crippen LogP contribution in [0.25, 0.3) is 22.0 Å². The highest BCUT2D eigenvalue weighted by molar-refractivity contribution is 9.10. The van der Waals surface area contributed by atoms with Crippen molar-refractivity contribution in [3.63, 3.8) is 0 Å². The molecule has 0 fully saturated rings. The van der Waals surface area contributed by atoms with E-state index in [1.807, 2.05) is 30.3 Å². The molecule has 3 rings (SSSR count). The van der Waals surface area contributed by atoms with Crippen LogP contribution in [0.5, 0.6) is 0 Å². The first-order chi connectivity index (χ1) is 11.9. The second kappa shape index (κ2) is 7.12. The Balaban J connectivity index is 2.44. The summed E-state index contributed by atoms with van der Waals surface area (Å²) in [5.74, 6) is -1.06. The first-order valence-electron chi connectivity index (χ1n) is 7.53. The van der Waals surface area contributed by atoms with E-state index in [2.05, 4.69) is 20.9 Å². The van der Waals surface area contributed by atoms with Gasteiger partial charge in [-0.05, 0) is 48.4 Å². The van der Waals surface area contributed by atoms with Gasteiger partial charge in [0.25, 0.3) is 0 Å². The molecule has 0 saturated heterocycles. The molecule has 1 unspecified atom stereocenters. The highest BCUT2D eigenvalue weighted by Crippen LogP contribution is 2.38. The molecule has 25 heavy (non-hydrogen) atoms. The van der Waals surface area contributed by atoms with Crippen LogP contribution in [0.4, 0.5) is 0 Å². The molecule has 3 aromatic rings. The Bertz CT molecular complexity index is 957. The molecule has 0 bridgehead atoms. The third-order valence-corrected chi connectivity index (χ3v) is 4.78. The molecule has 128 valence electrons. The maximum absolute atomic E-state index is 11.7. The average molecular weight is 421 g/mol. The standard InChI is InChI=1S/C19H15BrClNO3/c1-10-16(18(25-2)19(23)24)17(11-3-6-13(21)7-4-11)14-9-12(20)5-8-15(14)22-10/h3-9,18H,1-2H3,(H,23,24). The van der Waals surface area contributed by atoms with E-state index in [-0.39, 0.29) is 0 Å². The number of benzene rings is 2. The zero-order chi connectivity index (χ0) is 18.1. The van der Waals surface area contributed by atoms with Gasteiger partial charge < -0.3 is 9.84 Å². The van der Waals surface area contributed by atoms with E-state index in [1.165, 1.54) is 7.11 Å². The number of hydrogen-bond acceptors (Lipinski definition) is 3. The molecule has 1 heterocycles. The van der Waals surface area contributed by atoms with Crippen molar-refractivity contribution in [2.75, 3.05) is 7.11 Å². The molecule has 6 heteroatoms. The number of carbonyl (C=O) groups is 1.